The van der Waals surface area contributed by atoms with Crippen LogP contribution in [0.1, 0.15) is 12.6 Å². The second-order valence-corrected chi connectivity index (χ2v) is 3.35. The molecular weight excluding hydrogens is 210 g/mol. The third kappa shape index (κ3) is 2.33. The molecule has 1 aliphatic heterocycles. The Morgan fingerprint density at radius 1 is 1.56 bits per heavy atom. The minimum Gasteiger partial charge on any atom is -0.491 e. The lowest BCUT2D eigenvalue weighted by atomic mass is 10.3. The van der Waals surface area contributed by atoms with Crippen LogP contribution in [0.15, 0.2) is 23.8 Å². The van der Waals surface area contributed by atoms with Crippen LogP contribution in [0.2, 0.25) is 0 Å². The van der Waals surface area contributed by atoms with E-state index in [0.717, 1.165) is 5.69 Å². The normalized spacial score (nSPS) is 15.3. The van der Waals surface area contributed by atoms with E-state index in [4.69, 9.17) is 9.47 Å². The summed E-state index contributed by atoms with van der Waals surface area (Å²) in [6.07, 6.45) is 1.63. The highest BCUT2D eigenvalue weighted by Crippen LogP contribution is 2.12. The number of aromatic nitrogens is 2. The fourth-order valence-corrected chi connectivity index (χ4v) is 1.37. The predicted molar refractivity (Wildman–Crippen MR) is 55.0 cm³/mol. The number of carbonyl (C=O) groups excluding carboxylic acids is 1. The van der Waals surface area contributed by atoms with Gasteiger partial charge >= 0.3 is 0 Å². The molecular formula is C10H13N3O3. The summed E-state index contributed by atoms with van der Waals surface area (Å²) in [6, 6.07) is 1.79. The lowest BCUT2D eigenvalue weighted by Crippen LogP contribution is -2.29. The van der Waals surface area contributed by atoms with Gasteiger partial charge in [-0.1, -0.05) is 0 Å². The first-order valence-electron chi connectivity index (χ1n) is 5.00. The molecule has 0 aliphatic carbocycles. The van der Waals surface area contributed by atoms with Gasteiger partial charge in [0.25, 0.3) is 5.91 Å². The quantitative estimate of drug-likeness (QED) is 0.773. The Hall–Kier alpha value is -1.98. The van der Waals surface area contributed by atoms with Crippen molar-refractivity contribution in [3.63, 3.8) is 0 Å². The largest absolute Gasteiger partial charge is 0.491 e. The number of allylic oxidation sites excluding steroid dienone is 1. The van der Waals surface area contributed by atoms with Crippen molar-refractivity contribution in [2.45, 2.75) is 13.5 Å². The highest BCUT2D eigenvalue weighted by atomic mass is 16.6. The molecule has 6 nitrogen and oxygen atoms in total. The summed E-state index contributed by atoms with van der Waals surface area (Å²) in [5, 5.41) is 9.25. The van der Waals surface area contributed by atoms with E-state index in [0.29, 0.717) is 25.5 Å². The SMILES string of the molecule is CC1=C(C(=O)NCc2ccn[nH]2)OCCO1. The molecule has 0 saturated heterocycles. The molecule has 86 valence electrons. The molecule has 0 bridgehead atoms. The van der Waals surface area contributed by atoms with Crippen LogP contribution in [0.3, 0.4) is 0 Å². The molecule has 0 unspecified atom stereocenters. The van der Waals surface area contributed by atoms with Gasteiger partial charge in [-0.3, -0.25) is 9.89 Å². The molecule has 1 amide bonds. The molecule has 0 saturated carbocycles. The highest BCUT2D eigenvalue weighted by Gasteiger charge is 2.19. The maximum Gasteiger partial charge on any atom is 0.290 e. The Labute approximate surface area is 92.6 Å². The molecule has 2 N–H and O–H groups in total. The summed E-state index contributed by atoms with van der Waals surface area (Å²) in [4.78, 5) is 11.7. The number of H-pyrrole nitrogens is 1. The van der Waals surface area contributed by atoms with Crippen LogP contribution in [-0.4, -0.2) is 29.3 Å². The Balaban J connectivity index is 1.93. The average molecular weight is 223 g/mol. The second-order valence-electron chi connectivity index (χ2n) is 3.35. The maximum atomic E-state index is 11.7. The molecule has 2 heterocycles. The number of aromatic amines is 1. The van der Waals surface area contributed by atoms with E-state index >= 15 is 0 Å². The zero-order valence-electron chi connectivity index (χ0n) is 8.95. The van der Waals surface area contributed by atoms with Crippen molar-refractivity contribution in [1.29, 1.82) is 0 Å². The average Bonchev–Trinajstić information content (AvgIpc) is 2.79. The fraction of sp³-hybridized carbons (Fsp3) is 0.400. The van der Waals surface area contributed by atoms with Crippen LogP contribution in [0, 0.1) is 0 Å². The van der Waals surface area contributed by atoms with Gasteiger partial charge in [0.05, 0.1) is 12.2 Å². The monoisotopic (exact) mass is 223 g/mol. The molecule has 0 aromatic carbocycles. The van der Waals surface area contributed by atoms with E-state index in [2.05, 4.69) is 15.5 Å². The van der Waals surface area contributed by atoms with E-state index < -0.39 is 0 Å². The van der Waals surface area contributed by atoms with E-state index in [9.17, 15) is 4.79 Å². The summed E-state index contributed by atoms with van der Waals surface area (Å²) in [6.45, 7) is 3.00. The maximum absolute atomic E-state index is 11.7. The van der Waals surface area contributed by atoms with Gasteiger partial charge in [0.1, 0.15) is 19.0 Å². The van der Waals surface area contributed by atoms with Crippen molar-refractivity contribution in [1.82, 2.24) is 15.5 Å². The molecule has 0 radical (unpaired) electrons. The molecule has 1 aliphatic rings. The first-order chi connectivity index (χ1) is 7.77. The number of rotatable bonds is 3. The third-order valence-corrected chi connectivity index (χ3v) is 2.17. The van der Waals surface area contributed by atoms with Gasteiger partial charge in [0.15, 0.2) is 0 Å². The Kier molecular flexibility index (Phi) is 3.09. The Bertz CT molecular complexity index is 397. The van der Waals surface area contributed by atoms with Crippen molar-refractivity contribution < 1.29 is 14.3 Å². The number of amides is 1. The van der Waals surface area contributed by atoms with Gasteiger partial charge in [0, 0.05) is 6.20 Å². The summed E-state index contributed by atoms with van der Waals surface area (Å²) in [5.41, 5.74) is 0.836. The van der Waals surface area contributed by atoms with Crippen molar-refractivity contribution in [2.24, 2.45) is 0 Å². The van der Waals surface area contributed by atoms with Crippen LogP contribution in [0.25, 0.3) is 0 Å². The molecule has 16 heavy (non-hydrogen) atoms. The smallest absolute Gasteiger partial charge is 0.290 e. The van der Waals surface area contributed by atoms with Crippen LogP contribution < -0.4 is 5.32 Å². The molecule has 2 rings (SSSR count). The zero-order valence-corrected chi connectivity index (χ0v) is 8.95. The van der Waals surface area contributed by atoms with Crippen LogP contribution in [0.4, 0.5) is 0 Å². The molecule has 1 aromatic rings. The zero-order chi connectivity index (χ0) is 11.4. The van der Waals surface area contributed by atoms with Crippen molar-refractivity contribution >= 4 is 5.91 Å². The summed E-state index contributed by atoms with van der Waals surface area (Å²) in [5.74, 6) is 0.505. The molecule has 6 heteroatoms. The van der Waals surface area contributed by atoms with Crippen molar-refractivity contribution in [3.8, 4) is 0 Å². The minimum absolute atomic E-state index is 0.255. The number of hydrogen-bond acceptors (Lipinski definition) is 4. The number of nitrogens with one attached hydrogen (secondary N) is 2. The van der Waals surface area contributed by atoms with E-state index in [1.165, 1.54) is 0 Å². The standard InChI is InChI=1S/C10H13N3O3/c1-7-9(16-5-4-15-7)10(14)11-6-8-2-3-12-13-8/h2-3H,4-6H2,1H3,(H,11,14)(H,12,13). The molecule has 0 fully saturated rings. The first kappa shape index (κ1) is 10.5. The predicted octanol–water partition coefficient (Wildman–Crippen LogP) is 0.304. The number of ether oxygens (including phenoxy) is 2. The van der Waals surface area contributed by atoms with Gasteiger partial charge in [-0.15, -0.1) is 0 Å². The fourth-order valence-electron chi connectivity index (χ4n) is 1.37. The highest BCUT2D eigenvalue weighted by molar-refractivity contribution is 5.91. The van der Waals surface area contributed by atoms with E-state index in [1.807, 2.05) is 0 Å². The van der Waals surface area contributed by atoms with Gasteiger partial charge in [-0.25, -0.2) is 0 Å². The summed E-state index contributed by atoms with van der Waals surface area (Å²) >= 11 is 0. The van der Waals surface area contributed by atoms with E-state index in [-0.39, 0.29) is 11.7 Å². The van der Waals surface area contributed by atoms with Gasteiger partial charge < -0.3 is 14.8 Å². The third-order valence-electron chi connectivity index (χ3n) is 2.17. The lowest BCUT2D eigenvalue weighted by Gasteiger charge is -2.19. The van der Waals surface area contributed by atoms with Crippen molar-refractivity contribution in [2.75, 3.05) is 13.2 Å². The number of nitrogens with zero attached hydrogens (tertiary/aromatic N) is 1. The van der Waals surface area contributed by atoms with Crippen LogP contribution in [0.5, 0.6) is 0 Å². The molecule has 1 aromatic heterocycles. The second kappa shape index (κ2) is 4.69. The lowest BCUT2D eigenvalue weighted by molar-refractivity contribution is -0.122. The molecule has 0 atom stereocenters. The number of carbonyl (C=O) groups is 1. The first-order valence-corrected chi connectivity index (χ1v) is 5.00. The summed E-state index contributed by atoms with van der Waals surface area (Å²) < 4.78 is 10.5. The van der Waals surface area contributed by atoms with E-state index in [1.54, 1.807) is 19.2 Å². The molecule has 0 spiro atoms. The summed E-state index contributed by atoms with van der Waals surface area (Å²) in [7, 11) is 0. The minimum atomic E-state index is -0.271. The Morgan fingerprint density at radius 3 is 3.06 bits per heavy atom. The number of hydrogen-bond donors (Lipinski definition) is 2. The van der Waals surface area contributed by atoms with Gasteiger partial charge in [-0.05, 0) is 13.0 Å². The van der Waals surface area contributed by atoms with Crippen molar-refractivity contribution in [3.05, 3.63) is 29.5 Å². The Morgan fingerprint density at radius 2 is 2.38 bits per heavy atom. The van der Waals surface area contributed by atoms with Crippen LogP contribution >= 0.6 is 0 Å². The van der Waals surface area contributed by atoms with Gasteiger partial charge in [-0.2, -0.15) is 5.10 Å². The van der Waals surface area contributed by atoms with Crippen LogP contribution in [-0.2, 0) is 20.8 Å². The topological polar surface area (TPSA) is 76.2 Å². The van der Waals surface area contributed by atoms with Gasteiger partial charge in [0.2, 0.25) is 5.76 Å².